The van der Waals surface area contributed by atoms with Crippen molar-refractivity contribution in [3.8, 4) is 10.4 Å². The third-order valence-corrected chi connectivity index (χ3v) is 8.47. The second-order valence-corrected chi connectivity index (χ2v) is 12.8. The van der Waals surface area contributed by atoms with Crippen LogP contribution in [0.2, 0.25) is 0 Å². The molecule has 3 amide bonds. The van der Waals surface area contributed by atoms with Gasteiger partial charge in [-0.2, -0.15) is 0 Å². The first kappa shape index (κ1) is 31.5. The fraction of sp³-hybridized carbons (Fsp3) is 0.552. The number of aliphatic hydroxyl groups is 1. The van der Waals surface area contributed by atoms with E-state index in [1.165, 1.54) is 16.2 Å². The van der Waals surface area contributed by atoms with Gasteiger partial charge in [-0.05, 0) is 36.3 Å². The number of aliphatic carboxylic acids is 1. The Morgan fingerprint density at radius 2 is 1.86 bits per heavy atom. The highest BCUT2D eigenvalue weighted by molar-refractivity contribution is 7.13. The molecule has 1 saturated carbocycles. The summed E-state index contributed by atoms with van der Waals surface area (Å²) in [6.07, 6.45) is -0.844. The number of nitrogens with zero attached hydrogens (tertiary/aromatic N) is 2. The number of hydrogen-bond donors (Lipinski definition) is 4. The zero-order valence-electron chi connectivity index (χ0n) is 24.1. The van der Waals surface area contributed by atoms with Crippen molar-refractivity contribution in [1.29, 1.82) is 0 Å². The molecular weight excluding hydrogens is 567 g/mol. The third-order valence-electron chi connectivity index (χ3n) is 7.50. The number of alkyl halides is 1. The van der Waals surface area contributed by atoms with E-state index in [-0.39, 0.29) is 32.4 Å². The molecule has 0 spiro atoms. The molecule has 4 atom stereocenters. The van der Waals surface area contributed by atoms with Crippen LogP contribution in [0.4, 0.5) is 4.39 Å². The maximum Gasteiger partial charge on any atom is 0.329 e. The van der Waals surface area contributed by atoms with Gasteiger partial charge in [-0.1, -0.05) is 45.0 Å². The van der Waals surface area contributed by atoms with Crippen molar-refractivity contribution in [3.63, 3.8) is 0 Å². The summed E-state index contributed by atoms with van der Waals surface area (Å²) in [7, 11) is 0. The predicted molar refractivity (Wildman–Crippen MR) is 152 cm³/mol. The molecule has 2 heterocycles. The SMILES string of the molecule is Cc1ncsc1-c1ccc(C(COCC(=O)O)NC(=O)[C@@H]2C[C@@H](O)CN2C(=O)C(NC(=O)C2(F)CC2)C(C)(C)C)cc1. The second-order valence-electron chi connectivity index (χ2n) is 12.0. The fourth-order valence-corrected chi connectivity index (χ4v) is 5.73. The number of halogens is 1. The molecule has 1 aromatic carbocycles. The molecule has 1 aliphatic heterocycles. The molecular formula is C29H37FN4O7S. The Hall–Kier alpha value is -3.42. The number of carboxylic acid groups (broad SMARTS) is 1. The molecule has 1 aliphatic carbocycles. The van der Waals surface area contributed by atoms with Gasteiger partial charge in [-0.15, -0.1) is 11.3 Å². The van der Waals surface area contributed by atoms with Gasteiger partial charge in [0, 0.05) is 13.0 Å². The predicted octanol–water partition coefficient (Wildman–Crippen LogP) is 2.37. The van der Waals surface area contributed by atoms with Gasteiger partial charge < -0.3 is 30.5 Å². The Bertz CT molecular complexity index is 1320. The largest absolute Gasteiger partial charge is 0.480 e. The highest BCUT2D eigenvalue weighted by atomic mass is 32.1. The summed E-state index contributed by atoms with van der Waals surface area (Å²) >= 11 is 1.50. The Morgan fingerprint density at radius 3 is 2.40 bits per heavy atom. The summed E-state index contributed by atoms with van der Waals surface area (Å²) in [6, 6.07) is 4.37. The standard InChI is InChI=1S/C29H37FN4O7S/c1-16-23(42-15-31-16)18-7-5-17(6-8-18)20(13-41-14-22(36)37)32-25(38)21-11-19(35)12-34(21)26(39)24(28(2,3)4)33-27(40)29(30)9-10-29/h5-8,15,19-21,24,35H,9-14H2,1-4H3,(H,32,38)(H,33,40)(H,36,37)/t19-,20?,21+,24?/m1/s1. The minimum atomic E-state index is -1.98. The van der Waals surface area contributed by atoms with Crippen LogP contribution < -0.4 is 10.6 Å². The van der Waals surface area contributed by atoms with Crippen LogP contribution >= 0.6 is 11.3 Å². The Labute approximate surface area is 247 Å². The summed E-state index contributed by atoms with van der Waals surface area (Å²) < 4.78 is 19.8. The number of thiazole rings is 1. The minimum absolute atomic E-state index is 0.0400. The van der Waals surface area contributed by atoms with Crippen molar-refractivity contribution >= 4 is 35.0 Å². The van der Waals surface area contributed by atoms with Gasteiger partial charge in [0.15, 0.2) is 5.67 Å². The van der Waals surface area contributed by atoms with Gasteiger partial charge in [0.25, 0.3) is 5.91 Å². The monoisotopic (exact) mass is 604 g/mol. The summed E-state index contributed by atoms with van der Waals surface area (Å²) in [4.78, 5) is 57.4. The highest BCUT2D eigenvalue weighted by Crippen LogP contribution is 2.40. The summed E-state index contributed by atoms with van der Waals surface area (Å²) in [6.45, 7) is 6.22. The van der Waals surface area contributed by atoms with Crippen molar-refractivity contribution in [3.05, 3.63) is 41.0 Å². The number of aromatic nitrogens is 1. The highest BCUT2D eigenvalue weighted by Gasteiger charge is 2.53. The number of amides is 3. The quantitative estimate of drug-likeness (QED) is 0.304. The number of carboxylic acids is 1. The van der Waals surface area contributed by atoms with E-state index in [9.17, 15) is 28.7 Å². The van der Waals surface area contributed by atoms with Gasteiger partial charge in [0.1, 0.15) is 18.7 Å². The number of carbonyl (C=O) groups excluding carboxylic acids is 3. The number of β-amino-alcohol motifs (C(OH)–C–C–N with tert-alkyl or cyclic N) is 1. The fourth-order valence-electron chi connectivity index (χ4n) is 4.92. The van der Waals surface area contributed by atoms with E-state index in [0.717, 1.165) is 16.1 Å². The lowest BCUT2D eigenvalue weighted by Gasteiger charge is -2.36. The van der Waals surface area contributed by atoms with E-state index in [0.29, 0.717) is 5.56 Å². The first-order valence-corrected chi connectivity index (χ1v) is 14.7. The van der Waals surface area contributed by atoms with Crippen molar-refractivity contribution in [2.75, 3.05) is 19.8 Å². The molecule has 13 heteroatoms. The number of aryl methyl sites for hydroxylation is 1. The molecule has 228 valence electrons. The number of aliphatic hydroxyl groups excluding tert-OH is 1. The lowest BCUT2D eigenvalue weighted by atomic mass is 9.85. The molecule has 0 radical (unpaired) electrons. The minimum Gasteiger partial charge on any atom is -0.480 e. The van der Waals surface area contributed by atoms with Crippen LogP contribution in [0, 0.1) is 12.3 Å². The van der Waals surface area contributed by atoms with Crippen molar-refractivity contribution in [2.45, 2.75) is 76.9 Å². The zero-order chi connectivity index (χ0) is 30.8. The number of ether oxygens (including phenoxy) is 1. The Morgan fingerprint density at radius 1 is 1.19 bits per heavy atom. The number of rotatable bonds is 11. The van der Waals surface area contributed by atoms with Crippen LogP contribution in [0.5, 0.6) is 0 Å². The number of hydrogen-bond acceptors (Lipinski definition) is 8. The molecule has 4 rings (SSSR count). The van der Waals surface area contributed by atoms with Gasteiger partial charge in [0.2, 0.25) is 11.8 Å². The van der Waals surface area contributed by atoms with E-state index in [4.69, 9.17) is 9.84 Å². The van der Waals surface area contributed by atoms with Gasteiger partial charge >= 0.3 is 5.97 Å². The van der Waals surface area contributed by atoms with Crippen molar-refractivity contribution < 1.29 is 38.5 Å². The van der Waals surface area contributed by atoms with Crippen molar-refractivity contribution in [1.82, 2.24) is 20.5 Å². The summed E-state index contributed by atoms with van der Waals surface area (Å²) in [5, 5.41) is 24.9. The van der Waals surface area contributed by atoms with Crippen LogP contribution in [0.1, 0.15) is 57.3 Å². The van der Waals surface area contributed by atoms with E-state index in [1.54, 1.807) is 38.4 Å². The van der Waals surface area contributed by atoms with E-state index >= 15 is 0 Å². The van der Waals surface area contributed by atoms with Crippen LogP contribution in [0.25, 0.3) is 10.4 Å². The summed E-state index contributed by atoms with van der Waals surface area (Å²) in [5.74, 6) is -3.19. The molecule has 1 aromatic heterocycles. The molecule has 11 nitrogen and oxygen atoms in total. The first-order chi connectivity index (χ1) is 19.7. The van der Waals surface area contributed by atoms with Crippen LogP contribution in [0.3, 0.4) is 0 Å². The molecule has 1 saturated heterocycles. The molecule has 2 aliphatic rings. The molecule has 2 unspecified atom stereocenters. The zero-order valence-corrected chi connectivity index (χ0v) is 24.9. The van der Waals surface area contributed by atoms with Gasteiger partial charge in [-0.3, -0.25) is 14.4 Å². The lowest BCUT2D eigenvalue weighted by Crippen LogP contribution is -2.59. The topological polar surface area (TPSA) is 158 Å². The van der Waals surface area contributed by atoms with E-state index in [1.807, 2.05) is 19.1 Å². The normalized spacial score (nSPS) is 21.0. The molecule has 2 fully saturated rings. The molecule has 42 heavy (non-hydrogen) atoms. The van der Waals surface area contributed by atoms with Gasteiger partial charge in [-0.25, -0.2) is 14.2 Å². The summed E-state index contributed by atoms with van der Waals surface area (Å²) in [5.41, 5.74) is 1.42. The smallest absolute Gasteiger partial charge is 0.329 e. The molecule has 0 bridgehead atoms. The van der Waals surface area contributed by atoms with Crippen molar-refractivity contribution in [2.24, 2.45) is 5.41 Å². The molecule has 2 aromatic rings. The van der Waals surface area contributed by atoms with Crippen LogP contribution in [0.15, 0.2) is 29.8 Å². The van der Waals surface area contributed by atoms with Gasteiger partial charge in [0.05, 0.1) is 34.8 Å². The number of carbonyl (C=O) groups is 4. The van der Waals surface area contributed by atoms with E-state index < -0.39 is 65.6 Å². The number of nitrogens with one attached hydrogen (secondary N) is 2. The average molecular weight is 605 g/mol. The second kappa shape index (κ2) is 12.4. The number of likely N-dealkylation sites (tertiary alicyclic amines) is 1. The van der Waals surface area contributed by atoms with E-state index in [2.05, 4.69) is 15.6 Å². The first-order valence-electron chi connectivity index (χ1n) is 13.8. The Balaban J connectivity index is 1.53. The molecule has 4 N–H and O–H groups in total. The number of benzene rings is 1. The average Bonchev–Trinajstić information content (AvgIpc) is 3.33. The maximum atomic E-state index is 14.4. The Kier molecular flexibility index (Phi) is 9.33. The van der Waals surface area contributed by atoms with Crippen LogP contribution in [-0.4, -0.2) is 87.4 Å². The lowest BCUT2D eigenvalue weighted by molar-refractivity contribution is -0.145. The maximum absolute atomic E-state index is 14.4. The third kappa shape index (κ3) is 7.31. The van der Waals surface area contributed by atoms with Crippen LogP contribution in [-0.2, 0) is 23.9 Å².